The molecular formula is C12H25NO3. The third kappa shape index (κ3) is 5.95. The van der Waals surface area contributed by atoms with Crippen LogP contribution in [0.1, 0.15) is 41.0 Å². The quantitative estimate of drug-likeness (QED) is 0.807. The second-order valence-electron chi connectivity index (χ2n) is 5.56. The summed E-state index contributed by atoms with van der Waals surface area (Å²) in [6, 6.07) is -0.171. The maximum absolute atomic E-state index is 11.7. The van der Waals surface area contributed by atoms with Gasteiger partial charge in [-0.15, -0.1) is 0 Å². The van der Waals surface area contributed by atoms with E-state index in [0.29, 0.717) is 5.92 Å². The van der Waals surface area contributed by atoms with E-state index in [1.165, 1.54) is 4.90 Å². The fourth-order valence-corrected chi connectivity index (χ4v) is 1.38. The van der Waals surface area contributed by atoms with Crippen molar-refractivity contribution in [2.45, 2.75) is 52.7 Å². The summed E-state index contributed by atoms with van der Waals surface area (Å²) in [6.07, 6.45) is 0.388. The molecule has 16 heavy (non-hydrogen) atoms. The molecule has 1 amide bonds. The maximum Gasteiger partial charge on any atom is 0.410 e. The van der Waals surface area contributed by atoms with E-state index in [2.05, 4.69) is 13.8 Å². The summed E-state index contributed by atoms with van der Waals surface area (Å²) in [5.74, 6) is 0.432. The van der Waals surface area contributed by atoms with Crippen molar-refractivity contribution in [3.05, 3.63) is 0 Å². The molecule has 0 heterocycles. The Kier molecular flexibility index (Phi) is 5.79. The monoisotopic (exact) mass is 231 g/mol. The highest BCUT2D eigenvalue weighted by Crippen LogP contribution is 2.14. The Morgan fingerprint density at radius 3 is 2.19 bits per heavy atom. The molecule has 4 heteroatoms. The minimum atomic E-state index is -0.497. The van der Waals surface area contributed by atoms with Gasteiger partial charge in [0.2, 0.25) is 0 Å². The molecule has 0 aliphatic rings. The second-order valence-corrected chi connectivity index (χ2v) is 5.56. The van der Waals surface area contributed by atoms with Gasteiger partial charge in [0, 0.05) is 7.05 Å². The maximum atomic E-state index is 11.7. The van der Waals surface area contributed by atoms with Crippen molar-refractivity contribution in [3.8, 4) is 0 Å². The van der Waals surface area contributed by atoms with Gasteiger partial charge in [0.05, 0.1) is 12.6 Å². The van der Waals surface area contributed by atoms with Gasteiger partial charge >= 0.3 is 6.09 Å². The number of nitrogens with zero attached hydrogens (tertiary/aromatic N) is 1. The number of aliphatic hydroxyl groups excluding tert-OH is 1. The van der Waals surface area contributed by atoms with Gasteiger partial charge in [0.15, 0.2) is 0 Å². The smallest absolute Gasteiger partial charge is 0.410 e. The highest BCUT2D eigenvalue weighted by molar-refractivity contribution is 5.68. The van der Waals surface area contributed by atoms with Gasteiger partial charge in [-0.1, -0.05) is 13.8 Å². The van der Waals surface area contributed by atoms with Crippen LogP contribution in [0.15, 0.2) is 0 Å². The lowest BCUT2D eigenvalue weighted by Gasteiger charge is -2.30. The number of hydrogen-bond acceptors (Lipinski definition) is 3. The summed E-state index contributed by atoms with van der Waals surface area (Å²) in [5.41, 5.74) is -0.497. The largest absolute Gasteiger partial charge is 0.444 e. The molecule has 0 saturated carbocycles. The molecule has 0 saturated heterocycles. The number of hydrogen-bond donors (Lipinski definition) is 1. The first-order valence-corrected chi connectivity index (χ1v) is 5.74. The minimum absolute atomic E-state index is 0.0338. The zero-order valence-corrected chi connectivity index (χ0v) is 11.3. The second kappa shape index (κ2) is 6.09. The van der Waals surface area contributed by atoms with Crippen molar-refractivity contribution in [2.75, 3.05) is 13.7 Å². The number of carbonyl (C=O) groups excluding carboxylic acids is 1. The lowest BCUT2D eigenvalue weighted by molar-refractivity contribution is 0.0138. The highest BCUT2D eigenvalue weighted by Gasteiger charge is 2.25. The summed E-state index contributed by atoms with van der Waals surface area (Å²) in [7, 11) is 1.66. The molecule has 0 aliphatic carbocycles. The van der Waals surface area contributed by atoms with Gasteiger partial charge in [-0.3, -0.25) is 0 Å². The van der Waals surface area contributed by atoms with Crippen LogP contribution < -0.4 is 0 Å². The van der Waals surface area contributed by atoms with E-state index in [-0.39, 0.29) is 18.7 Å². The Bertz CT molecular complexity index is 221. The minimum Gasteiger partial charge on any atom is -0.444 e. The molecule has 0 aliphatic heterocycles. The Hall–Kier alpha value is -0.770. The van der Waals surface area contributed by atoms with E-state index in [0.717, 1.165) is 6.42 Å². The number of ether oxygens (including phenoxy) is 1. The SMILES string of the molecule is CC(C)C[C@@H](CO)N(C)C(=O)OC(C)(C)C. The van der Waals surface area contributed by atoms with Gasteiger partial charge in [-0.25, -0.2) is 4.79 Å². The van der Waals surface area contributed by atoms with E-state index in [4.69, 9.17) is 4.74 Å². The molecular weight excluding hydrogens is 206 g/mol. The van der Waals surface area contributed by atoms with Crippen LogP contribution in [0, 0.1) is 5.92 Å². The number of amides is 1. The normalized spacial score (nSPS) is 13.8. The standard InChI is InChI=1S/C12H25NO3/c1-9(2)7-10(8-14)13(6)11(15)16-12(3,4)5/h9-10,14H,7-8H2,1-6H3/t10-/m0/s1. The van der Waals surface area contributed by atoms with Crippen LogP contribution in [0.25, 0.3) is 0 Å². The molecule has 0 rings (SSSR count). The number of rotatable bonds is 4. The Morgan fingerprint density at radius 1 is 1.38 bits per heavy atom. The highest BCUT2D eigenvalue weighted by atomic mass is 16.6. The lowest BCUT2D eigenvalue weighted by Crippen LogP contribution is -2.43. The Morgan fingerprint density at radius 2 is 1.88 bits per heavy atom. The average molecular weight is 231 g/mol. The predicted molar refractivity (Wildman–Crippen MR) is 64.3 cm³/mol. The van der Waals surface area contributed by atoms with E-state index in [9.17, 15) is 9.90 Å². The fraction of sp³-hybridized carbons (Fsp3) is 0.917. The van der Waals surface area contributed by atoms with Crippen LogP contribution in [0.4, 0.5) is 4.79 Å². The summed E-state index contributed by atoms with van der Waals surface area (Å²) in [5, 5.41) is 9.24. The Balaban J connectivity index is 4.39. The average Bonchev–Trinajstić information content (AvgIpc) is 2.09. The molecule has 0 unspecified atom stereocenters. The van der Waals surface area contributed by atoms with Gasteiger partial charge in [0.25, 0.3) is 0 Å². The van der Waals surface area contributed by atoms with Crippen LogP contribution in [0.2, 0.25) is 0 Å². The third-order valence-corrected chi connectivity index (χ3v) is 2.18. The summed E-state index contributed by atoms with van der Waals surface area (Å²) in [6.45, 7) is 9.57. The predicted octanol–water partition coefficient (Wildman–Crippen LogP) is 2.26. The molecule has 0 fully saturated rings. The van der Waals surface area contributed by atoms with Gasteiger partial charge in [-0.2, -0.15) is 0 Å². The van der Waals surface area contributed by atoms with Crippen molar-refractivity contribution in [1.82, 2.24) is 4.90 Å². The van der Waals surface area contributed by atoms with Crippen molar-refractivity contribution >= 4 is 6.09 Å². The van der Waals surface area contributed by atoms with Crippen LogP contribution in [0.3, 0.4) is 0 Å². The summed E-state index contributed by atoms with van der Waals surface area (Å²) in [4.78, 5) is 13.2. The van der Waals surface area contributed by atoms with E-state index in [1.807, 2.05) is 20.8 Å². The van der Waals surface area contributed by atoms with Crippen LogP contribution in [-0.4, -0.2) is 41.4 Å². The van der Waals surface area contributed by atoms with Crippen LogP contribution in [-0.2, 0) is 4.74 Å². The topological polar surface area (TPSA) is 49.8 Å². The van der Waals surface area contributed by atoms with Crippen LogP contribution >= 0.6 is 0 Å². The molecule has 0 bridgehead atoms. The number of carbonyl (C=O) groups is 1. The molecule has 0 radical (unpaired) electrons. The Labute approximate surface area is 98.6 Å². The number of aliphatic hydroxyl groups is 1. The van der Waals surface area contributed by atoms with Crippen molar-refractivity contribution in [2.24, 2.45) is 5.92 Å². The molecule has 0 aromatic rings. The van der Waals surface area contributed by atoms with Gasteiger partial charge in [-0.05, 0) is 33.1 Å². The number of likely N-dealkylation sites (N-methyl/N-ethyl adjacent to an activating group) is 1. The molecule has 0 spiro atoms. The zero-order chi connectivity index (χ0) is 12.9. The van der Waals surface area contributed by atoms with Crippen molar-refractivity contribution in [3.63, 3.8) is 0 Å². The fourth-order valence-electron chi connectivity index (χ4n) is 1.38. The lowest BCUT2D eigenvalue weighted by atomic mass is 10.0. The van der Waals surface area contributed by atoms with E-state index < -0.39 is 5.60 Å². The molecule has 1 N–H and O–H groups in total. The first-order chi connectivity index (χ1) is 7.17. The van der Waals surface area contributed by atoms with E-state index in [1.54, 1.807) is 7.05 Å². The molecule has 1 atom stereocenters. The first kappa shape index (κ1) is 15.2. The van der Waals surface area contributed by atoms with Gasteiger partial charge in [0.1, 0.15) is 5.60 Å². The molecule has 0 aromatic carbocycles. The molecule has 4 nitrogen and oxygen atoms in total. The first-order valence-electron chi connectivity index (χ1n) is 5.74. The molecule has 0 aromatic heterocycles. The third-order valence-electron chi connectivity index (χ3n) is 2.18. The molecule has 96 valence electrons. The summed E-state index contributed by atoms with van der Waals surface area (Å²) >= 11 is 0. The zero-order valence-electron chi connectivity index (χ0n) is 11.3. The summed E-state index contributed by atoms with van der Waals surface area (Å²) < 4.78 is 5.24. The van der Waals surface area contributed by atoms with Crippen LogP contribution in [0.5, 0.6) is 0 Å². The van der Waals surface area contributed by atoms with E-state index >= 15 is 0 Å². The van der Waals surface area contributed by atoms with Crippen molar-refractivity contribution in [1.29, 1.82) is 0 Å². The van der Waals surface area contributed by atoms with Crippen molar-refractivity contribution < 1.29 is 14.6 Å². The van der Waals surface area contributed by atoms with Gasteiger partial charge < -0.3 is 14.7 Å².